The number of tetrazole rings is 1. The van der Waals surface area contributed by atoms with E-state index < -0.39 is 11.8 Å². The molecule has 0 unspecified atom stereocenters. The molecule has 2 aliphatic rings. The monoisotopic (exact) mass is 291 g/mol. The minimum atomic E-state index is -4.56. The van der Waals surface area contributed by atoms with E-state index in [9.17, 15) is 18.3 Å². The first-order valence-corrected chi connectivity index (χ1v) is 6.67. The predicted octanol–water partition coefficient (Wildman–Crippen LogP) is 0.897. The van der Waals surface area contributed by atoms with Gasteiger partial charge in [0.2, 0.25) is 0 Å². The fourth-order valence-corrected chi connectivity index (χ4v) is 2.48. The van der Waals surface area contributed by atoms with E-state index in [1.165, 1.54) is 0 Å². The predicted molar refractivity (Wildman–Crippen MR) is 61.6 cm³/mol. The summed E-state index contributed by atoms with van der Waals surface area (Å²) in [4.78, 5) is 1.85. The van der Waals surface area contributed by atoms with Crippen molar-refractivity contribution in [2.75, 3.05) is 13.1 Å². The lowest BCUT2D eigenvalue weighted by molar-refractivity contribution is -0.273. The molecule has 0 radical (unpaired) electrons. The molecular weight excluding hydrogens is 275 g/mol. The van der Waals surface area contributed by atoms with Crippen LogP contribution in [0.25, 0.3) is 0 Å². The molecule has 1 N–H and O–H groups in total. The summed E-state index contributed by atoms with van der Waals surface area (Å²) in [6, 6.07) is 0.344. The van der Waals surface area contributed by atoms with Crippen molar-refractivity contribution < 1.29 is 18.3 Å². The molecule has 9 heteroatoms. The van der Waals surface area contributed by atoms with Crippen LogP contribution in [0.4, 0.5) is 13.2 Å². The zero-order valence-electron chi connectivity index (χ0n) is 10.8. The van der Waals surface area contributed by atoms with Crippen LogP contribution in [-0.4, -0.2) is 55.1 Å². The van der Waals surface area contributed by atoms with Crippen LogP contribution in [0.1, 0.15) is 37.5 Å². The first kappa shape index (κ1) is 13.7. The molecule has 0 aromatic carbocycles. The first-order valence-electron chi connectivity index (χ1n) is 6.67. The fourth-order valence-electron chi connectivity index (χ4n) is 2.48. The van der Waals surface area contributed by atoms with Crippen LogP contribution in [0.3, 0.4) is 0 Å². The second-order valence-electron chi connectivity index (χ2n) is 5.58. The minimum Gasteiger partial charge on any atom is -0.380 e. The van der Waals surface area contributed by atoms with Crippen LogP contribution < -0.4 is 0 Å². The number of aromatic nitrogens is 4. The SMILES string of the molecule is OC1(C(F)(F)F)CCN(Cc2nnnn2C2CC2)CC1. The van der Waals surface area contributed by atoms with E-state index in [0.717, 1.165) is 12.8 Å². The van der Waals surface area contributed by atoms with Crippen LogP contribution in [0.15, 0.2) is 0 Å². The van der Waals surface area contributed by atoms with Crippen molar-refractivity contribution in [2.45, 2.75) is 50.0 Å². The van der Waals surface area contributed by atoms with E-state index in [-0.39, 0.29) is 25.9 Å². The van der Waals surface area contributed by atoms with E-state index >= 15 is 0 Å². The number of nitrogens with zero attached hydrogens (tertiary/aromatic N) is 5. The van der Waals surface area contributed by atoms with Gasteiger partial charge in [-0.15, -0.1) is 5.10 Å². The molecule has 0 spiro atoms. The van der Waals surface area contributed by atoms with E-state index in [0.29, 0.717) is 18.4 Å². The maximum absolute atomic E-state index is 12.7. The van der Waals surface area contributed by atoms with Crippen LogP contribution >= 0.6 is 0 Å². The van der Waals surface area contributed by atoms with E-state index in [1.807, 2.05) is 4.90 Å². The average molecular weight is 291 g/mol. The van der Waals surface area contributed by atoms with Gasteiger partial charge in [0.1, 0.15) is 0 Å². The second-order valence-corrected chi connectivity index (χ2v) is 5.58. The van der Waals surface area contributed by atoms with Crippen molar-refractivity contribution >= 4 is 0 Å². The van der Waals surface area contributed by atoms with E-state index in [1.54, 1.807) is 4.68 Å². The van der Waals surface area contributed by atoms with Crippen LogP contribution in [0, 0.1) is 0 Å². The van der Waals surface area contributed by atoms with E-state index in [4.69, 9.17) is 0 Å². The summed E-state index contributed by atoms with van der Waals surface area (Å²) < 4.78 is 39.9. The number of alkyl halides is 3. The molecule has 2 fully saturated rings. The lowest BCUT2D eigenvalue weighted by Crippen LogP contribution is -2.53. The van der Waals surface area contributed by atoms with Crippen LogP contribution in [0.2, 0.25) is 0 Å². The molecule has 0 bridgehead atoms. The van der Waals surface area contributed by atoms with Gasteiger partial charge in [0.15, 0.2) is 11.4 Å². The summed E-state index contributed by atoms with van der Waals surface area (Å²) >= 11 is 0. The maximum atomic E-state index is 12.7. The number of hydrogen-bond donors (Lipinski definition) is 1. The van der Waals surface area contributed by atoms with Crippen LogP contribution in [0.5, 0.6) is 0 Å². The standard InChI is InChI=1S/C11H16F3N5O/c12-11(13,14)10(20)3-5-18(6-4-10)7-9-15-16-17-19(9)8-1-2-8/h8,20H,1-7H2. The Morgan fingerprint density at radius 1 is 1.25 bits per heavy atom. The lowest BCUT2D eigenvalue weighted by Gasteiger charge is -2.38. The molecular formula is C11H16F3N5O. The van der Waals surface area contributed by atoms with E-state index in [2.05, 4.69) is 15.5 Å². The largest absolute Gasteiger partial charge is 0.417 e. The molecule has 1 saturated carbocycles. The normalized spacial score (nSPS) is 24.0. The quantitative estimate of drug-likeness (QED) is 0.896. The van der Waals surface area contributed by atoms with Gasteiger partial charge in [0.25, 0.3) is 0 Å². The molecule has 112 valence electrons. The number of rotatable bonds is 3. The molecule has 1 aromatic heterocycles. The molecule has 1 aliphatic heterocycles. The van der Waals surface area contributed by atoms with Gasteiger partial charge in [-0.3, -0.25) is 4.90 Å². The first-order chi connectivity index (χ1) is 9.39. The highest BCUT2D eigenvalue weighted by Gasteiger charge is 2.54. The summed E-state index contributed by atoms with van der Waals surface area (Å²) in [7, 11) is 0. The van der Waals surface area contributed by atoms with Gasteiger partial charge >= 0.3 is 6.18 Å². The highest BCUT2D eigenvalue weighted by atomic mass is 19.4. The molecule has 6 nitrogen and oxygen atoms in total. The van der Waals surface area contributed by atoms with Crippen LogP contribution in [-0.2, 0) is 6.54 Å². The van der Waals surface area contributed by atoms with Crippen molar-refractivity contribution in [3.63, 3.8) is 0 Å². The Balaban J connectivity index is 1.60. The number of hydrogen-bond acceptors (Lipinski definition) is 5. The van der Waals surface area contributed by atoms with Gasteiger partial charge < -0.3 is 5.11 Å². The van der Waals surface area contributed by atoms with Gasteiger partial charge in [0.05, 0.1) is 12.6 Å². The fraction of sp³-hybridized carbons (Fsp3) is 0.909. The summed E-state index contributed by atoms with van der Waals surface area (Å²) in [6.07, 6.45) is -3.07. The molecule has 1 aromatic rings. The van der Waals surface area contributed by atoms with Gasteiger partial charge in [0, 0.05) is 13.1 Å². The van der Waals surface area contributed by atoms with Crippen molar-refractivity contribution in [2.24, 2.45) is 0 Å². The van der Waals surface area contributed by atoms with Gasteiger partial charge in [-0.25, -0.2) is 4.68 Å². The number of halogens is 3. The Morgan fingerprint density at radius 2 is 1.90 bits per heavy atom. The summed E-state index contributed by atoms with van der Waals surface area (Å²) in [6.45, 7) is 0.804. The molecule has 0 amide bonds. The summed E-state index contributed by atoms with van der Waals surface area (Å²) in [5.41, 5.74) is -2.55. The number of aliphatic hydroxyl groups is 1. The van der Waals surface area contributed by atoms with Crippen molar-refractivity contribution in [1.82, 2.24) is 25.1 Å². The summed E-state index contributed by atoms with van der Waals surface area (Å²) in [5, 5.41) is 21.1. The van der Waals surface area contributed by atoms with Crippen molar-refractivity contribution in [3.8, 4) is 0 Å². The zero-order chi connectivity index (χ0) is 14.4. The molecule has 1 saturated heterocycles. The lowest BCUT2D eigenvalue weighted by atomic mass is 9.91. The number of piperidine rings is 1. The third kappa shape index (κ3) is 2.51. The minimum absolute atomic E-state index is 0.188. The number of likely N-dealkylation sites (tertiary alicyclic amines) is 1. The molecule has 2 heterocycles. The van der Waals surface area contributed by atoms with Gasteiger partial charge in [-0.05, 0) is 36.1 Å². The molecule has 0 atom stereocenters. The smallest absolute Gasteiger partial charge is 0.380 e. The Labute approximate surface area is 113 Å². The van der Waals surface area contributed by atoms with Crippen molar-refractivity contribution in [3.05, 3.63) is 5.82 Å². The summed E-state index contributed by atoms with van der Waals surface area (Å²) in [5.74, 6) is 0.685. The topological polar surface area (TPSA) is 67.1 Å². The maximum Gasteiger partial charge on any atom is 0.417 e. The average Bonchev–Trinajstić information content (AvgIpc) is 3.12. The zero-order valence-corrected chi connectivity index (χ0v) is 10.8. The third-order valence-electron chi connectivity index (χ3n) is 4.03. The van der Waals surface area contributed by atoms with Crippen molar-refractivity contribution in [1.29, 1.82) is 0 Å². The molecule has 3 rings (SSSR count). The highest BCUT2D eigenvalue weighted by Crippen LogP contribution is 2.39. The second kappa shape index (κ2) is 4.66. The molecule has 20 heavy (non-hydrogen) atoms. The Bertz CT molecular complexity index is 477. The van der Waals surface area contributed by atoms with Gasteiger partial charge in [-0.1, -0.05) is 0 Å². The highest BCUT2D eigenvalue weighted by molar-refractivity contribution is 4.95. The third-order valence-corrected chi connectivity index (χ3v) is 4.03. The Kier molecular flexibility index (Phi) is 3.20. The van der Waals surface area contributed by atoms with Gasteiger partial charge in [-0.2, -0.15) is 13.2 Å². The Morgan fingerprint density at radius 3 is 2.45 bits per heavy atom. The Hall–Kier alpha value is -1.22. The molecule has 1 aliphatic carbocycles.